The molecular weight excluding hydrogens is 361 g/mol. The minimum atomic E-state index is -0.231. The molecule has 0 saturated heterocycles. The van der Waals surface area contributed by atoms with Crippen molar-refractivity contribution < 1.29 is 9.59 Å². The average molecular weight is 378 g/mol. The maximum absolute atomic E-state index is 12.3. The maximum atomic E-state index is 12.3. The van der Waals surface area contributed by atoms with Gasteiger partial charge in [0, 0.05) is 27.5 Å². The van der Waals surface area contributed by atoms with Gasteiger partial charge in [-0.3, -0.25) is 9.59 Å². The first-order valence-corrected chi connectivity index (χ1v) is 8.66. The van der Waals surface area contributed by atoms with E-state index in [1.807, 2.05) is 0 Å². The zero-order valence-corrected chi connectivity index (χ0v) is 14.8. The summed E-state index contributed by atoms with van der Waals surface area (Å²) < 4.78 is 0. The van der Waals surface area contributed by atoms with Crippen LogP contribution in [-0.4, -0.2) is 24.4 Å². The SMILES string of the molecule is O=C(CNc1ccc(Cl)cc1C(=O)NC1CC1)Nc1ccc(Cl)cc1. The summed E-state index contributed by atoms with van der Waals surface area (Å²) in [4.78, 5) is 24.4. The number of anilines is 2. The highest BCUT2D eigenvalue weighted by Gasteiger charge is 2.25. The molecule has 3 rings (SSSR count). The monoisotopic (exact) mass is 377 g/mol. The first-order valence-electron chi connectivity index (χ1n) is 7.91. The third-order valence-electron chi connectivity index (χ3n) is 3.71. The molecule has 5 nitrogen and oxygen atoms in total. The third-order valence-corrected chi connectivity index (χ3v) is 4.19. The van der Waals surface area contributed by atoms with Crippen LogP contribution in [0.2, 0.25) is 10.0 Å². The van der Waals surface area contributed by atoms with E-state index >= 15 is 0 Å². The number of benzene rings is 2. The molecular formula is C18H17Cl2N3O2. The molecule has 1 aliphatic rings. The van der Waals surface area contributed by atoms with Gasteiger partial charge in [0.05, 0.1) is 12.1 Å². The van der Waals surface area contributed by atoms with Gasteiger partial charge < -0.3 is 16.0 Å². The van der Waals surface area contributed by atoms with E-state index in [9.17, 15) is 9.59 Å². The van der Waals surface area contributed by atoms with Crippen LogP contribution >= 0.6 is 23.2 Å². The van der Waals surface area contributed by atoms with Gasteiger partial charge in [0.2, 0.25) is 5.91 Å². The Kier molecular flexibility index (Phi) is 5.46. The van der Waals surface area contributed by atoms with Crippen molar-refractivity contribution in [3.05, 3.63) is 58.1 Å². The first-order chi connectivity index (χ1) is 12.0. The van der Waals surface area contributed by atoms with Gasteiger partial charge in [-0.2, -0.15) is 0 Å². The zero-order valence-electron chi connectivity index (χ0n) is 13.3. The molecule has 7 heteroatoms. The van der Waals surface area contributed by atoms with Gasteiger partial charge in [-0.1, -0.05) is 23.2 Å². The Labute approximate surface area is 155 Å². The number of halogens is 2. The van der Waals surface area contributed by atoms with Crippen molar-refractivity contribution >= 4 is 46.4 Å². The summed E-state index contributed by atoms with van der Waals surface area (Å²) in [6.45, 7) is 0.0218. The van der Waals surface area contributed by atoms with Gasteiger partial charge in [-0.05, 0) is 55.3 Å². The summed E-state index contributed by atoms with van der Waals surface area (Å²) in [5, 5.41) is 9.73. The normalized spacial score (nSPS) is 13.2. The van der Waals surface area contributed by atoms with Crippen LogP contribution in [0.1, 0.15) is 23.2 Å². The summed E-state index contributed by atoms with van der Waals surface area (Å²) in [5.74, 6) is -0.420. The molecule has 1 saturated carbocycles. The summed E-state index contributed by atoms with van der Waals surface area (Å²) in [5.41, 5.74) is 1.64. The Morgan fingerprint density at radius 2 is 1.68 bits per heavy atom. The van der Waals surface area contributed by atoms with E-state index < -0.39 is 0 Å². The van der Waals surface area contributed by atoms with E-state index in [0.717, 1.165) is 12.8 Å². The molecule has 0 radical (unpaired) electrons. The van der Waals surface area contributed by atoms with Crippen molar-refractivity contribution in [3.63, 3.8) is 0 Å². The maximum Gasteiger partial charge on any atom is 0.253 e. The van der Waals surface area contributed by atoms with Crippen LogP contribution in [0.25, 0.3) is 0 Å². The molecule has 0 heterocycles. The number of amides is 2. The number of nitrogens with one attached hydrogen (secondary N) is 3. The van der Waals surface area contributed by atoms with Crippen molar-refractivity contribution in [3.8, 4) is 0 Å². The lowest BCUT2D eigenvalue weighted by Gasteiger charge is -2.13. The largest absolute Gasteiger partial charge is 0.375 e. The zero-order chi connectivity index (χ0) is 17.8. The molecule has 130 valence electrons. The lowest BCUT2D eigenvalue weighted by molar-refractivity contribution is -0.114. The van der Waals surface area contributed by atoms with E-state index in [0.29, 0.717) is 27.0 Å². The van der Waals surface area contributed by atoms with Crippen LogP contribution in [0.15, 0.2) is 42.5 Å². The van der Waals surface area contributed by atoms with Crippen LogP contribution in [0.5, 0.6) is 0 Å². The average Bonchev–Trinajstić information content (AvgIpc) is 3.39. The van der Waals surface area contributed by atoms with E-state index in [2.05, 4.69) is 16.0 Å². The van der Waals surface area contributed by atoms with Gasteiger partial charge in [0.1, 0.15) is 0 Å². The number of hydrogen-bond donors (Lipinski definition) is 3. The van der Waals surface area contributed by atoms with Crippen molar-refractivity contribution in [2.45, 2.75) is 18.9 Å². The Bertz CT molecular complexity index is 789. The highest BCUT2D eigenvalue weighted by Crippen LogP contribution is 2.24. The summed E-state index contributed by atoms with van der Waals surface area (Å²) in [6.07, 6.45) is 2.00. The quantitative estimate of drug-likeness (QED) is 0.713. The van der Waals surface area contributed by atoms with E-state index in [4.69, 9.17) is 23.2 Å². The minimum absolute atomic E-state index is 0.0218. The molecule has 0 aromatic heterocycles. The summed E-state index contributed by atoms with van der Waals surface area (Å²) in [6, 6.07) is 12.0. The molecule has 0 aliphatic heterocycles. The van der Waals surface area contributed by atoms with Crippen molar-refractivity contribution in [1.82, 2.24) is 5.32 Å². The second-order valence-corrected chi connectivity index (χ2v) is 6.72. The standard InChI is InChI=1S/C18H17Cl2N3O2/c19-11-1-4-13(5-2-11)22-17(24)10-21-16-8-3-12(20)9-15(16)18(25)23-14-6-7-14/h1-5,8-9,14,21H,6-7,10H2,(H,22,24)(H,23,25). The molecule has 0 spiro atoms. The summed E-state index contributed by atoms with van der Waals surface area (Å²) >= 11 is 11.8. The number of rotatable bonds is 6. The predicted octanol–water partition coefficient (Wildman–Crippen LogP) is 3.94. The number of hydrogen-bond acceptors (Lipinski definition) is 3. The van der Waals surface area contributed by atoms with E-state index in [-0.39, 0.29) is 24.4 Å². The molecule has 2 aromatic carbocycles. The van der Waals surface area contributed by atoms with E-state index in [1.165, 1.54) is 0 Å². The van der Waals surface area contributed by atoms with Gasteiger partial charge in [0.25, 0.3) is 5.91 Å². The van der Waals surface area contributed by atoms with Crippen LogP contribution in [-0.2, 0) is 4.79 Å². The molecule has 0 bridgehead atoms. The molecule has 25 heavy (non-hydrogen) atoms. The van der Waals surface area contributed by atoms with Gasteiger partial charge in [-0.25, -0.2) is 0 Å². The van der Waals surface area contributed by atoms with Crippen molar-refractivity contribution in [2.24, 2.45) is 0 Å². The Morgan fingerprint density at radius 1 is 1.00 bits per heavy atom. The fourth-order valence-electron chi connectivity index (χ4n) is 2.26. The highest BCUT2D eigenvalue weighted by molar-refractivity contribution is 6.31. The minimum Gasteiger partial charge on any atom is -0.375 e. The molecule has 2 aromatic rings. The van der Waals surface area contributed by atoms with Gasteiger partial charge >= 0.3 is 0 Å². The van der Waals surface area contributed by atoms with Gasteiger partial charge in [0.15, 0.2) is 0 Å². The summed E-state index contributed by atoms with van der Waals surface area (Å²) in [7, 11) is 0. The van der Waals surface area contributed by atoms with Crippen LogP contribution in [0.3, 0.4) is 0 Å². The number of carbonyl (C=O) groups excluding carboxylic acids is 2. The van der Waals surface area contributed by atoms with E-state index in [1.54, 1.807) is 42.5 Å². The van der Waals surface area contributed by atoms with Gasteiger partial charge in [-0.15, -0.1) is 0 Å². The van der Waals surface area contributed by atoms with Crippen molar-refractivity contribution in [1.29, 1.82) is 0 Å². The Hall–Kier alpha value is -2.24. The molecule has 1 fully saturated rings. The van der Waals surface area contributed by atoms with Crippen molar-refractivity contribution in [2.75, 3.05) is 17.2 Å². The highest BCUT2D eigenvalue weighted by atomic mass is 35.5. The molecule has 2 amide bonds. The first kappa shape index (κ1) is 17.6. The van der Waals surface area contributed by atoms with Crippen LogP contribution in [0.4, 0.5) is 11.4 Å². The lowest BCUT2D eigenvalue weighted by atomic mass is 10.1. The topological polar surface area (TPSA) is 70.2 Å². The van der Waals surface area contributed by atoms with Crippen LogP contribution < -0.4 is 16.0 Å². The number of carbonyl (C=O) groups is 2. The predicted molar refractivity (Wildman–Crippen MR) is 101 cm³/mol. The Balaban J connectivity index is 1.62. The molecule has 0 unspecified atom stereocenters. The second kappa shape index (κ2) is 7.76. The smallest absolute Gasteiger partial charge is 0.253 e. The fourth-order valence-corrected chi connectivity index (χ4v) is 2.56. The molecule has 0 atom stereocenters. The third kappa shape index (κ3) is 5.11. The molecule has 3 N–H and O–H groups in total. The fraction of sp³-hybridized carbons (Fsp3) is 0.222. The molecule has 1 aliphatic carbocycles. The second-order valence-electron chi connectivity index (χ2n) is 5.85. The lowest BCUT2D eigenvalue weighted by Crippen LogP contribution is -2.27. The Morgan fingerprint density at radius 3 is 2.36 bits per heavy atom. The van der Waals surface area contributed by atoms with Crippen LogP contribution in [0, 0.1) is 0 Å².